The van der Waals surface area contributed by atoms with Crippen molar-refractivity contribution in [3.63, 3.8) is 0 Å². The van der Waals surface area contributed by atoms with Gasteiger partial charge in [-0.05, 0) is 51.1 Å². The number of nitrogens with two attached hydrogens (primary N) is 1. The molecule has 0 saturated carbocycles. The predicted octanol–water partition coefficient (Wildman–Crippen LogP) is 6.29. The van der Waals surface area contributed by atoms with Crippen LogP contribution in [0.25, 0.3) is 11.1 Å². The number of piperidine rings is 1. The van der Waals surface area contributed by atoms with Crippen LogP contribution in [0.5, 0.6) is 5.75 Å². The number of ether oxygens (including phenoxy) is 1. The number of hydrogen-bond donors (Lipinski definition) is 2. The van der Waals surface area contributed by atoms with Crippen LogP contribution in [-0.2, 0) is 9.59 Å². The first kappa shape index (κ1) is 33.1. The van der Waals surface area contributed by atoms with E-state index in [9.17, 15) is 40.3 Å². The summed E-state index contributed by atoms with van der Waals surface area (Å²) in [6.45, 7) is 3.71. The Morgan fingerprint density at radius 2 is 1.64 bits per heavy atom. The van der Waals surface area contributed by atoms with E-state index in [-0.39, 0.29) is 10.8 Å². The van der Waals surface area contributed by atoms with Crippen molar-refractivity contribution in [3.8, 4) is 16.9 Å². The Hall–Kier alpha value is -3.43. The van der Waals surface area contributed by atoms with E-state index in [1.165, 1.54) is 12.1 Å². The summed E-state index contributed by atoms with van der Waals surface area (Å²) in [5.74, 6) is -6.78. The fourth-order valence-corrected chi connectivity index (χ4v) is 4.57. The number of carbonyl (C=O) groups excluding carboxylic acids is 2. The molecule has 17 heteroatoms. The number of anilines is 1. The number of benzene rings is 1. The quantitative estimate of drug-likeness (QED) is 0.184. The largest absolute Gasteiger partial charge is 0.482 e. The van der Waals surface area contributed by atoms with Crippen LogP contribution in [0.3, 0.4) is 0 Å². The molecule has 0 spiro atoms. The van der Waals surface area contributed by atoms with Gasteiger partial charge in [0.2, 0.25) is 0 Å². The molecule has 0 bridgehead atoms. The van der Waals surface area contributed by atoms with Gasteiger partial charge in [-0.3, -0.25) is 14.3 Å². The van der Waals surface area contributed by atoms with E-state index in [2.05, 4.69) is 15.4 Å². The van der Waals surface area contributed by atoms with Gasteiger partial charge < -0.3 is 15.8 Å². The van der Waals surface area contributed by atoms with E-state index < -0.39 is 35.8 Å². The second kappa shape index (κ2) is 13.3. The topological polar surface area (TPSA) is 112 Å². The maximum atomic E-state index is 13.9. The zero-order valence-electron chi connectivity index (χ0n) is 21.5. The first-order chi connectivity index (χ1) is 19.5. The third kappa shape index (κ3) is 8.10. The number of rotatable bonds is 6. The van der Waals surface area contributed by atoms with Crippen molar-refractivity contribution in [2.75, 3.05) is 18.8 Å². The zero-order chi connectivity index (χ0) is 31.4. The van der Waals surface area contributed by atoms with Gasteiger partial charge in [-0.1, -0.05) is 23.2 Å². The first-order valence-electron chi connectivity index (χ1n) is 12.0. The van der Waals surface area contributed by atoms with Gasteiger partial charge in [-0.25, -0.2) is 9.37 Å². The predicted molar refractivity (Wildman–Crippen MR) is 139 cm³/mol. The summed E-state index contributed by atoms with van der Waals surface area (Å²) in [7, 11) is 0. The second-order valence-corrected chi connectivity index (χ2v) is 9.75. The molecule has 1 fully saturated rings. The number of nitrogen functional groups attached to an aromatic ring is 1. The molecule has 1 aromatic carbocycles. The van der Waals surface area contributed by atoms with Crippen molar-refractivity contribution in [2.45, 2.75) is 44.3 Å². The molecule has 2 aromatic heterocycles. The lowest BCUT2D eigenvalue weighted by molar-refractivity contribution is -0.193. The Morgan fingerprint density at radius 3 is 2.21 bits per heavy atom. The van der Waals surface area contributed by atoms with Crippen LogP contribution >= 0.6 is 23.2 Å². The van der Waals surface area contributed by atoms with Gasteiger partial charge in [0.05, 0.1) is 17.3 Å². The summed E-state index contributed by atoms with van der Waals surface area (Å²) in [4.78, 5) is 23.5. The molecule has 1 aliphatic heterocycles. The number of ketones is 2. The third-order valence-electron chi connectivity index (χ3n) is 6.01. The van der Waals surface area contributed by atoms with E-state index in [4.69, 9.17) is 33.7 Å². The number of aromatic nitrogens is 3. The smallest absolute Gasteiger partial charge is 0.458 e. The van der Waals surface area contributed by atoms with Crippen LogP contribution in [0.2, 0.25) is 10.0 Å². The Labute approximate surface area is 243 Å². The number of pyridine rings is 1. The third-order valence-corrected chi connectivity index (χ3v) is 6.72. The molecule has 3 aromatic rings. The van der Waals surface area contributed by atoms with E-state index in [0.29, 0.717) is 22.4 Å². The lowest BCUT2D eigenvalue weighted by Crippen LogP contribution is -2.39. The number of halogens is 9. The number of nitrogens with zero attached hydrogens (tertiary/aromatic N) is 3. The average molecular weight is 644 g/mol. The Morgan fingerprint density at radius 1 is 1.05 bits per heavy atom. The summed E-state index contributed by atoms with van der Waals surface area (Å²) in [6.07, 6.45) is -4.58. The molecule has 0 aliphatic carbocycles. The maximum absolute atomic E-state index is 13.9. The van der Waals surface area contributed by atoms with E-state index >= 15 is 0 Å². The normalized spacial score (nSPS) is 15.0. The van der Waals surface area contributed by atoms with Gasteiger partial charge in [0.1, 0.15) is 11.9 Å². The van der Waals surface area contributed by atoms with Crippen molar-refractivity contribution in [1.82, 2.24) is 20.1 Å². The molecular weight excluding hydrogens is 622 g/mol. The van der Waals surface area contributed by atoms with Crippen molar-refractivity contribution in [3.05, 3.63) is 58.2 Å². The fourth-order valence-electron chi connectivity index (χ4n) is 3.89. The zero-order valence-corrected chi connectivity index (χ0v) is 23.0. The monoisotopic (exact) mass is 643 g/mol. The number of nitrogens with one attached hydrogen (secondary N) is 1. The SMILES string of the molecule is CC(Oc1cc(-c2cnn(C3CCNCC3)c2)cnc1N)c1c(Cl)ccc(F)c1Cl.O=C(C(=O)C(F)(F)F)C(F)(F)F. The van der Waals surface area contributed by atoms with Gasteiger partial charge in [-0.2, -0.15) is 31.4 Å². The number of Topliss-reactive ketones (excluding diaryl/α,β-unsaturated/α-hetero) is 2. The van der Waals surface area contributed by atoms with Crippen molar-refractivity contribution in [2.24, 2.45) is 0 Å². The van der Waals surface area contributed by atoms with Gasteiger partial charge >= 0.3 is 23.9 Å². The van der Waals surface area contributed by atoms with Gasteiger partial charge in [-0.15, -0.1) is 0 Å². The molecule has 0 radical (unpaired) electrons. The highest BCUT2D eigenvalue weighted by atomic mass is 35.5. The molecule has 1 atom stereocenters. The lowest BCUT2D eigenvalue weighted by Gasteiger charge is -2.22. The molecule has 1 unspecified atom stereocenters. The molecule has 42 heavy (non-hydrogen) atoms. The van der Waals surface area contributed by atoms with Crippen molar-refractivity contribution in [1.29, 1.82) is 0 Å². The molecule has 3 heterocycles. The highest BCUT2D eigenvalue weighted by molar-refractivity contribution is 6.41. The number of carbonyl (C=O) groups is 2. The highest BCUT2D eigenvalue weighted by Gasteiger charge is 2.54. The molecule has 3 N–H and O–H groups in total. The van der Waals surface area contributed by atoms with Crippen LogP contribution in [0.1, 0.15) is 37.5 Å². The summed E-state index contributed by atoms with van der Waals surface area (Å²) in [6, 6.07) is 4.85. The van der Waals surface area contributed by atoms with E-state index in [1.54, 1.807) is 19.2 Å². The minimum atomic E-state index is -5.77. The van der Waals surface area contributed by atoms with Crippen LogP contribution in [-0.4, -0.2) is 51.8 Å². The van der Waals surface area contributed by atoms with Crippen LogP contribution in [0, 0.1) is 5.82 Å². The first-order valence-corrected chi connectivity index (χ1v) is 12.8. The molecule has 1 saturated heterocycles. The van der Waals surface area contributed by atoms with Crippen LogP contribution < -0.4 is 15.8 Å². The summed E-state index contributed by atoms with van der Waals surface area (Å²) in [5, 5.41) is 8.13. The average Bonchev–Trinajstić information content (AvgIpc) is 3.42. The van der Waals surface area contributed by atoms with Gasteiger partial charge in [0.25, 0.3) is 0 Å². The molecule has 1 aliphatic rings. The molecule has 228 valence electrons. The van der Waals surface area contributed by atoms with Crippen LogP contribution in [0.15, 0.2) is 36.8 Å². The van der Waals surface area contributed by atoms with Gasteiger partial charge in [0, 0.05) is 34.1 Å². The van der Waals surface area contributed by atoms with E-state index in [0.717, 1.165) is 37.1 Å². The summed E-state index contributed by atoms with van der Waals surface area (Å²) in [5.41, 5.74) is 8.12. The van der Waals surface area contributed by atoms with Crippen molar-refractivity contribution < 1.29 is 45.1 Å². The lowest BCUT2D eigenvalue weighted by atomic mass is 10.1. The minimum absolute atomic E-state index is 0.0686. The fraction of sp³-hybridized carbons (Fsp3) is 0.360. The van der Waals surface area contributed by atoms with Gasteiger partial charge in [0.15, 0.2) is 11.6 Å². The highest BCUT2D eigenvalue weighted by Crippen LogP contribution is 2.37. The molecule has 8 nitrogen and oxygen atoms in total. The summed E-state index contributed by atoms with van der Waals surface area (Å²) >= 11 is 12.3. The Balaban J connectivity index is 0.000000343. The summed E-state index contributed by atoms with van der Waals surface area (Å²) < 4.78 is 88.8. The minimum Gasteiger partial charge on any atom is -0.482 e. The molecular formula is C25H22Cl2F7N5O3. The van der Waals surface area contributed by atoms with E-state index in [1.807, 2.05) is 17.1 Å². The van der Waals surface area contributed by atoms with Crippen LogP contribution in [0.4, 0.5) is 36.6 Å². The Kier molecular flexibility index (Phi) is 10.4. The standard InChI is InChI=1S/C21H22Cl2FN5O.C4F6O2/c1-12(19-16(22)2-3-17(24)20(19)23)30-18-8-13(9-27-21(18)25)14-10-28-29(11-14)15-4-6-26-7-5-15;5-3(6,7)1(11)2(12)4(8,9)10/h2-3,8-12,15,26H,4-7H2,1H3,(H2,25,27);. The number of alkyl halides is 6. The maximum Gasteiger partial charge on any atom is 0.458 e. The second-order valence-electron chi connectivity index (χ2n) is 8.97. The Bertz CT molecular complexity index is 1420. The molecule has 0 amide bonds. The molecule has 4 rings (SSSR count). The van der Waals surface area contributed by atoms with Crippen molar-refractivity contribution >= 4 is 40.6 Å². The number of hydrogen-bond acceptors (Lipinski definition) is 7.